The van der Waals surface area contributed by atoms with Crippen LogP contribution in [0.2, 0.25) is 10.0 Å². The highest BCUT2D eigenvalue weighted by atomic mass is 35.5. The van der Waals surface area contributed by atoms with E-state index in [0.717, 1.165) is 36.9 Å². The number of carbonyl (C=O) groups excluding carboxylic acids is 2. The molecule has 140 valence electrons. The van der Waals surface area contributed by atoms with E-state index in [1.165, 1.54) is 9.80 Å². The molecule has 27 heavy (non-hydrogen) atoms. The summed E-state index contributed by atoms with van der Waals surface area (Å²) in [6, 6.07) is 14.4. The Morgan fingerprint density at radius 2 is 1.59 bits per heavy atom. The van der Waals surface area contributed by atoms with Crippen LogP contribution in [-0.4, -0.2) is 44.0 Å². The molecule has 2 aromatic carbocycles. The van der Waals surface area contributed by atoms with Crippen molar-refractivity contribution in [2.45, 2.75) is 12.5 Å². The zero-order valence-corrected chi connectivity index (χ0v) is 16.2. The van der Waals surface area contributed by atoms with E-state index in [2.05, 4.69) is 4.90 Å². The number of amides is 2. The molecule has 2 aliphatic rings. The molecule has 1 N–H and O–H groups in total. The number of nitrogens with zero attached hydrogens (tertiary/aromatic N) is 2. The standard InChI is InChI=1S/C20H19Cl2N3O2/c21-14-4-6-16(7-5-14)23-8-10-24(11-9-23)18-13-19(26)25(20(18)27)17-3-1-2-15(22)12-17/h1-7,12,18H,8-11,13H2/p+1/t18-/m1/s1. The third kappa shape index (κ3) is 3.68. The van der Waals surface area contributed by atoms with Crippen LogP contribution in [0.3, 0.4) is 0 Å². The Labute approximate surface area is 168 Å². The molecule has 0 unspecified atom stereocenters. The Bertz CT molecular complexity index is 864. The summed E-state index contributed by atoms with van der Waals surface area (Å²) in [6.07, 6.45) is 0.252. The fourth-order valence-corrected chi connectivity index (χ4v) is 4.20. The van der Waals surface area contributed by atoms with Crippen molar-refractivity contribution < 1.29 is 14.5 Å². The number of hydrogen-bond acceptors (Lipinski definition) is 3. The van der Waals surface area contributed by atoms with Gasteiger partial charge in [0.25, 0.3) is 5.91 Å². The molecule has 2 heterocycles. The number of anilines is 2. The van der Waals surface area contributed by atoms with Crippen LogP contribution in [0.25, 0.3) is 0 Å². The molecule has 2 aliphatic heterocycles. The maximum absolute atomic E-state index is 12.9. The lowest BCUT2D eigenvalue weighted by Gasteiger charge is -2.35. The summed E-state index contributed by atoms with van der Waals surface area (Å²) in [7, 11) is 0. The molecule has 0 aromatic heterocycles. The lowest BCUT2D eigenvalue weighted by Crippen LogP contribution is -3.19. The number of hydrogen-bond donors (Lipinski definition) is 1. The number of halogens is 2. The quantitative estimate of drug-likeness (QED) is 0.796. The Hall–Kier alpha value is -2.08. The summed E-state index contributed by atoms with van der Waals surface area (Å²) in [4.78, 5) is 30.2. The summed E-state index contributed by atoms with van der Waals surface area (Å²) in [5.41, 5.74) is 1.69. The van der Waals surface area contributed by atoms with Crippen LogP contribution < -0.4 is 14.7 Å². The van der Waals surface area contributed by atoms with E-state index in [-0.39, 0.29) is 24.3 Å². The van der Waals surface area contributed by atoms with Crippen molar-refractivity contribution in [3.05, 3.63) is 58.6 Å². The number of benzene rings is 2. The highest BCUT2D eigenvalue weighted by Crippen LogP contribution is 2.25. The van der Waals surface area contributed by atoms with Gasteiger partial charge in [0, 0.05) is 15.7 Å². The lowest BCUT2D eigenvalue weighted by atomic mass is 10.1. The monoisotopic (exact) mass is 404 g/mol. The van der Waals surface area contributed by atoms with Crippen molar-refractivity contribution in [1.82, 2.24) is 0 Å². The van der Waals surface area contributed by atoms with E-state index in [4.69, 9.17) is 23.2 Å². The molecule has 7 heteroatoms. The normalized spacial score (nSPS) is 21.2. The zero-order chi connectivity index (χ0) is 19.0. The SMILES string of the molecule is O=C1C[C@@H]([NH+]2CCN(c3ccc(Cl)cc3)CC2)C(=O)N1c1cccc(Cl)c1. The van der Waals surface area contributed by atoms with Crippen molar-refractivity contribution in [3.63, 3.8) is 0 Å². The second kappa shape index (κ2) is 7.50. The number of rotatable bonds is 3. The van der Waals surface area contributed by atoms with E-state index in [0.29, 0.717) is 10.7 Å². The van der Waals surface area contributed by atoms with Crippen LogP contribution in [0, 0.1) is 0 Å². The minimum atomic E-state index is -0.316. The van der Waals surface area contributed by atoms with Gasteiger partial charge in [-0.1, -0.05) is 29.3 Å². The molecule has 1 atom stereocenters. The van der Waals surface area contributed by atoms with Crippen molar-refractivity contribution in [2.24, 2.45) is 0 Å². The molecule has 2 fully saturated rings. The van der Waals surface area contributed by atoms with E-state index in [1.54, 1.807) is 24.3 Å². The predicted molar refractivity (Wildman–Crippen MR) is 107 cm³/mol. The smallest absolute Gasteiger partial charge is 0.292 e. The van der Waals surface area contributed by atoms with Gasteiger partial charge in [-0.25, -0.2) is 4.90 Å². The minimum absolute atomic E-state index is 0.128. The molecular formula is C20H20Cl2N3O2+. The predicted octanol–water partition coefficient (Wildman–Crippen LogP) is 2.03. The van der Waals surface area contributed by atoms with Gasteiger partial charge in [0.05, 0.1) is 38.3 Å². The van der Waals surface area contributed by atoms with Gasteiger partial charge in [-0.15, -0.1) is 0 Å². The van der Waals surface area contributed by atoms with Crippen LogP contribution in [0.1, 0.15) is 6.42 Å². The Balaban J connectivity index is 1.44. The fraction of sp³-hybridized carbons (Fsp3) is 0.300. The maximum atomic E-state index is 12.9. The largest absolute Gasteiger partial charge is 0.360 e. The number of quaternary nitrogens is 1. The highest BCUT2D eigenvalue weighted by molar-refractivity contribution is 6.31. The second-order valence-electron chi connectivity index (χ2n) is 6.93. The van der Waals surface area contributed by atoms with Crippen LogP contribution in [0.4, 0.5) is 11.4 Å². The second-order valence-corrected chi connectivity index (χ2v) is 7.80. The average molecular weight is 405 g/mol. The van der Waals surface area contributed by atoms with Crippen molar-refractivity contribution in [2.75, 3.05) is 36.0 Å². The van der Waals surface area contributed by atoms with Gasteiger partial charge in [0.15, 0.2) is 6.04 Å². The number of nitrogens with one attached hydrogen (secondary N) is 1. The third-order valence-corrected chi connectivity index (χ3v) is 5.79. The molecule has 0 spiro atoms. The summed E-state index contributed by atoms with van der Waals surface area (Å²) >= 11 is 12.0. The minimum Gasteiger partial charge on any atom is -0.360 e. The van der Waals surface area contributed by atoms with Crippen LogP contribution in [-0.2, 0) is 9.59 Å². The number of piperazine rings is 1. The maximum Gasteiger partial charge on any atom is 0.292 e. The van der Waals surface area contributed by atoms with Crippen LogP contribution in [0.5, 0.6) is 0 Å². The summed E-state index contributed by atoms with van der Waals surface area (Å²) in [6.45, 7) is 3.31. The van der Waals surface area contributed by atoms with E-state index in [9.17, 15) is 9.59 Å². The topological polar surface area (TPSA) is 45.1 Å². The molecular weight excluding hydrogens is 385 g/mol. The highest BCUT2D eigenvalue weighted by Gasteiger charge is 2.46. The fourth-order valence-electron chi connectivity index (χ4n) is 3.89. The van der Waals surface area contributed by atoms with Gasteiger partial charge in [0.1, 0.15) is 0 Å². The zero-order valence-electron chi connectivity index (χ0n) is 14.7. The summed E-state index contributed by atoms with van der Waals surface area (Å²) < 4.78 is 0. The molecule has 0 bridgehead atoms. The Morgan fingerprint density at radius 3 is 2.26 bits per heavy atom. The number of imide groups is 1. The van der Waals surface area contributed by atoms with Crippen molar-refractivity contribution in [3.8, 4) is 0 Å². The van der Waals surface area contributed by atoms with Gasteiger partial charge in [0.2, 0.25) is 5.91 Å². The van der Waals surface area contributed by atoms with Crippen molar-refractivity contribution >= 4 is 46.4 Å². The van der Waals surface area contributed by atoms with Gasteiger partial charge >= 0.3 is 0 Å². The summed E-state index contributed by atoms with van der Waals surface area (Å²) in [5, 5.41) is 1.24. The first kappa shape index (κ1) is 18.3. The van der Waals surface area contributed by atoms with Gasteiger partial charge < -0.3 is 9.80 Å². The van der Waals surface area contributed by atoms with Gasteiger partial charge in [-0.3, -0.25) is 9.59 Å². The first-order chi connectivity index (χ1) is 13.0. The molecule has 4 rings (SSSR count). The van der Waals surface area contributed by atoms with Gasteiger partial charge in [-0.2, -0.15) is 0 Å². The van der Waals surface area contributed by atoms with E-state index in [1.807, 2.05) is 24.3 Å². The Morgan fingerprint density at radius 1 is 0.889 bits per heavy atom. The Kier molecular flexibility index (Phi) is 5.08. The van der Waals surface area contributed by atoms with E-state index >= 15 is 0 Å². The number of carbonyl (C=O) groups is 2. The molecule has 2 saturated heterocycles. The molecule has 0 radical (unpaired) electrons. The molecule has 2 amide bonds. The molecule has 5 nitrogen and oxygen atoms in total. The van der Waals surface area contributed by atoms with Crippen LogP contribution in [0.15, 0.2) is 48.5 Å². The lowest BCUT2D eigenvalue weighted by molar-refractivity contribution is -0.915. The molecule has 2 aromatic rings. The third-order valence-electron chi connectivity index (χ3n) is 5.30. The average Bonchev–Trinajstić information content (AvgIpc) is 2.97. The van der Waals surface area contributed by atoms with Crippen molar-refractivity contribution in [1.29, 1.82) is 0 Å². The first-order valence-corrected chi connectivity index (χ1v) is 9.76. The van der Waals surface area contributed by atoms with E-state index < -0.39 is 0 Å². The van der Waals surface area contributed by atoms with Crippen LogP contribution >= 0.6 is 23.2 Å². The van der Waals surface area contributed by atoms with Gasteiger partial charge in [-0.05, 0) is 42.5 Å². The summed E-state index contributed by atoms with van der Waals surface area (Å²) in [5.74, 6) is -0.280. The first-order valence-electron chi connectivity index (χ1n) is 9.00. The molecule has 0 saturated carbocycles. The molecule has 0 aliphatic carbocycles.